The van der Waals surface area contributed by atoms with Gasteiger partial charge in [-0.15, -0.1) is 0 Å². The van der Waals surface area contributed by atoms with Crippen LogP contribution >= 0.6 is 0 Å². The van der Waals surface area contributed by atoms with Crippen molar-refractivity contribution >= 4 is 11.7 Å². The highest BCUT2D eigenvalue weighted by atomic mass is 16.5. The monoisotopic (exact) mass is 334 g/mol. The van der Waals surface area contributed by atoms with Gasteiger partial charge in [-0.2, -0.15) is 0 Å². The number of nitrogens with zero attached hydrogens (tertiary/aromatic N) is 3. The van der Waals surface area contributed by atoms with Gasteiger partial charge in [0.05, 0.1) is 12.3 Å². The van der Waals surface area contributed by atoms with Crippen molar-refractivity contribution in [2.75, 3.05) is 51.9 Å². The highest BCUT2D eigenvalue weighted by molar-refractivity contribution is 5.78. The largest absolute Gasteiger partial charge is 0.381 e. The molecule has 24 heavy (non-hydrogen) atoms. The molecular weight excluding hydrogens is 308 g/mol. The topological polar surface area (TPSA) is 76.6 Å². The van der Waals surface area contributed by atoms with Gasteiger partial charge in [-0.25, -0.2) is 9.97 Å². The second kappa shape index (κ2) is 8.39. The van der Waals surface area contributed by atoms with E-state index in [2.05, 4.69) is 15.3 Å². The average Bonchev–Trinajstić information content (AvgIpc) is 3.17. The van der Waals surface area contributed by atoms with Crippen LogP contribution in [0, 0.1) is 5.92 Å². The van der Waals surface area contributed by atoms with Gasteiger partial charge < -0.3 is 19.7 Å². The van der Waals surface area contributed by atoms with Crippen molar-refractivity contribution in [2.45, 2.75) is 25.2 Å². The van der Waals surface area contributed by atoms with Crippen molar-refractivity contribution in [3.8, 4) is 0 Å². The summed E-state index contributed by atoms with van der Waals surface area (Å²) < 4.78 is 10.7. The Morgan fingerprint density at radius 2 is 2.04 bits per heavy atom. The van der Waals surface area contributed by atoms with Crippen LogP contribution in [-0.2, 0) is 14.3 Å². The zero-order chi connectivity index (χ0) is 16.8. The maximum Gasteiger partial charge on any atom is 0.225 e. The summed E-state index contributed by atoms with van der Waals surface area (Å²) in [5, 5.41) is 3.29. The SMILES string of the molecule is CN(CCNc1cc([C@@H]2CCOC2)ncn1)C(=O)C1CCOCC1. The van der Waals surface area contributed by atoms with Crippen LogP contribution in [0.25, 0.3) is 0 Å². The highest BCUT2D eigenvalue weighted by Gasteiger charge is 2.24. The predicted molar refractivity (Wildman–Crippen MR) is 89.9 cm³/mol. The second-order valence-electron chi connectivity index (χ2n) is 6.46. The van der Waals surface area contributed by atoms with Crippen molar-refractivity contribution < 1.29 is 14.3 Å². The predicted octanol–water partition coefficient (Wildman–Crippen LogP) is 1.28. The quantitative estimate of drug-likeness (QED) is 0.844. The van der Waals surface area contributed by atoms with Gasteiger partial charge >= 0.3 is 0 Å². The number of amides is 1. The number of hydrogen-bond donors (Lipinski definition) is 1. The number of anilines is 1. The van der Waals surface area contributed by atoms with Gasteiger partial charge in [-0.3, -0.25) is 4.79 Å². The van der Waals surface area contributed by atoms with E-state index in [9.17, 15) is 4.79 Å². The van der Waals surface area contributed by atoms with E-state index in [4.69, 9.17) is 9.47 Å². The molecule has 2 aliphatic heterocycles. The van der Waals surface area contributed by atoms with Crippen molar-refractivity contribution in [1.29, 1.82) is 0 Å². The van der Waals surface area contributed by atoms with Gasteiger partial charge in [0, 0.05) is 57.9 Å². The summed E-state index contributed by atoms with van der Waals surface area (Å²) >= 11 is 0. The molecule has 0 saturated carbocycles. The van der Waals surface area contributed by atoms with Crippen LogP contribution in [0.4, 0.5) is 5.82 Å². The Kier molecular flexibility index (Phi) is 5.98. The van der Waals surface area contributed by atoms with Crippen LogP contribution in [-0.4, -0.2) is 67.3 Å². The van der Waals surface area contributed by atoms with E-state index in [1.165, 1.54) is 0 Å². The fourth-order valence-corrected chi connectivity index (χ4v) is 3.18. The minimum atomic E-state index is 0.108. The molecule has 0 aliphatic carbocycles. The lowest BCUT2D eigenvalue weighted by Gasteiger charge is -2.26. The zero-order valence-electron chi connectivity index (χ0n) is 14.2. The molecule has 7 nitrogen and oxygen atoms in total. The number of carbonyl (C=O) groups excluding carboxylic acids is 1. The molecular formula is C17H26N4O3. The molecule has 1 amide bonds. The maximum absolute atomic E-state index is 12.4. The third-order valence-corrected chi connectivity index (χ3v) is 4.74. The van der Waals surface area contributed by atoms with E-state index >= 15 is 0 Å². The summed E-state index contributed by atoms with van der Waals surface area (Å²) in [6.45, 7) is 4.24. The molecule has 0 bridgehead atoms. The Bertz CT molecular complexity index is 542. The first-order valence-electron chi connectivity index (χ1n) is 8.70. The number of likely N-dealkylation sites (N-methyl/N-ethyl adjacent to an activating group) is 1. The van der Waals surface area contributed by atoms with Crippen molar-refractivity contribution in [1.82, 2.24) is 14.9 Å². The molecule has 3 heterocycles. The average molecular weight is 334 g/mol. The third-order valence-electron chi connectivity index (χ3n) is 4.74. The standard InChI is InChI=1S/C17H26N4O3/c1-21(17(22)13-2-7-23-8-3-13)6-5-18-16-10-15(19-12-20-16)14-4-9-24-11-14/h10,12-14H,2-9,11H2,1H3,(H,18,19,20)/t14-/m1/s1. The third kappa shape index (κ3) is 4.42. The van der Waals surface area contributed by atoms with Gasteiger partial charge in [0.25, 0.3) is 0 Å². The molecule has 1 N–H and O–H groups in total. The van der Waals surface area contributed by atoms with Crippen LogP contribution in [0.15, 0.2) is 12.4 Å². The number of ether oxygens (including phenoxy) is 2. The zero-order valence-corrected chi connectivity index (χ0v) is 14.2. The summed E-state index contributed by atoms with van der Waals surface area (Å²) in [6.07, 6.45) is 4.26. The molecule has 0 radical (unpaired) electrons. The molecule has 2 fully saturated rings. The number of rotatable bonds is 6. The first kappa shape index (κ1) is 17.1. The minimum absolute atomic E-state index is 0.108. The second-order valence-corrected chi connectivity index (χ2v) is 6.46. The lowest BCUT2D eigenvalue weighted by atomic mass is 9.99. The first-order chi connectivity index (χ1) is 11.7. The van der Waals surface area contributed by atoms with E-state index in [-0.39, 0.29) is 11.8 Å². The van der Waals surface area contributed by atoms with Gasteiger partial charge in [0.15, 0.2) is 0 Å². The number of nitrogens with one attached hydrogen (secondary N) is 1. The van der Waals surface area contributed by atoms with Crippen LogP contribution in [0.1, 0.15) is 30.9 Å². The van der Waals surface area contributed by atoms with Crippen molar-refractivity contribution in [3.05, 3.63) is 18.1 Å². The molecule has 2 aliphatic rings. The maximum atomic E-state index is 12.4. The fraction of sp³-hybridized carbons (Fsp3) is 0.706. The summed E-state index contributed by atoms with van der Waals surface area (Å²) in [6, 6.07) is 1.99. The first-order valence-corrected chi connectivity index (χ1v) is 8.70. The van der Waals surface area contributed by atoms with E-state index < -0.39 is 0 Å². The summed E-state index contributed by atoms with van der Waals surface area (Å²) in [5.74, 6) is 1.49. The van der Waals surface area contributed by atoms with Gasteiger partial charge in [0.2, 0.25) is 5.91 Å². The Morgan fingerprint density at radius 3 is 2.79 bits per heavy atom. The van der Waals surface area contributed by atoms with Crippen LogP contribution < -0.4 is 5.32 Å². The number of aromatic nitrogens is 2. The van der Waals surface area contributed by atoms with Gasteiger partial charge in [0.1, 0.15) is 12.1 Å². The summed E-state index contributed by atoms with van der Waals surface area (Å²) in [5.41, 5.74) is 1.02. The Morgan fingerprint density at radius 1 is 1.25 bits per heavy atom. The molecule has 2 saturated heterocycles. The van der Waals surface area contributed by atoms with E-state index in [0.29, 0.717) is 32.2 Å². The van der Waals surface area contributed by atoms with Crippen LogP contribution in [0.3, 0.4) is 0 Å². The van der Waals surface area contributed by atoms with Crippen molar-refractivity contribution in [2.24, 2.45) is 5.92 Å². The lowest BCUT2D eigenvalue weighted by molar-refractivity contribution is -0.137. The van der Waals surface area contributed by atoms with Gasteiger partial charge in [-0.1, -0.05) is 0 Å². The lowest BCUT2D eigenvalue weighted by Crippen LogP contribution is -2.38. The van der Waals surface area contributed by atoms with E-state index in [0.717, 1.165) is 44.0 Å². The molecule has 7 heteroatoms. The molecule has 3 rings (SSSR count). The fourth-order valence-electron chi connectivity index (χ4n) is 3.18. The van der Waals surface area contributed by atoms with Crippen LogP contribution in [0.5, 0.6) is 0 Å². The van der Waals surface area contributed by atoms with Crippen molar-refractivity contribution in [3.63, 3.8) is 0 Å². The normalized spacial score (nSPS) is 21.6. The van der Waals surface area contributed by atoms with Crippen LogP contribution in [0.2, 0.25) is 0 Å². The highest BCUT2D eigenvalue weighted by Crippen LogP contribution is 2.24. The Hall–Kier alpha value is -1.73. The molecule has 0 spiro atoms. The summed E-state index contributed by atoms with van der Waals surface area (Å²) in [4.78, 5) is 22.8. The van der Waals surface area contributed by atoms with E-state index in [1.54, 1.807) is 11.2 Å². The van der Waals surface area contributed by atoms with E-state index in [1.807, 2.05) is 13.1 Å². The molecule has 132 valence electrons. The Labute approximate surface area is 142 Å². The van der Waals surface area contributed by atoms with Gasteiger partial charge in [-0.05, 0) is 19.3 Å². The summed E-state index contributed by atoms with van der Waals surface area (Å²) in [7, 11) is 1.86. The molecule has 1 atom stereocenters. The minimum Gasteiger partial charge on any atom is -0.381 e. The number of carbonyl (C=O) groups is 1. The molecule has 0 aromatic carbocycles. The molecule has 1 aromatic heterocycles. The molecule has 0 unspecified atom stereocenters. The number of hydrogen-bond acceptors (Lipinski definition) is 6. The Balaban J connectivity index is 1.45. The molecule has 1 aromatic rings. The smallest absolute Gasteiger partial charge is 0.225 e.